The maximum absolute atomic E-state index is 13.0. The summed E-state index contributed by atoms with van der Waals surface area (Å²) in [6.45, 7) is 7.87. The second-order valence-electron chi connectivity index (χ2n) is 7.18. The van der Waals surface area contributed by atoms with Gasteiger partial charge in [0.25, 0.3) is 0 Å². The van der Waals surface area contributed by atoms with Crippen LogP contribution in [-0.4, -0.2) is 56.1 Å². The number of rotatable bonds is 12. The Morgan fingerprint density at radius 3 is 2.23 bits per heavy atom. The number of halogens is 2. The first kappa shape index (κ1) is 27.7. The van der Waals surface area contributed by atoms with Crippen LogP contribution in [0, 0.1) is 5.92 Å². The third-order valence-corrected chi connectivity index (χ3v) is 6.81. The van der Waals surface area contributed by atoms with Gasteiger partial charge in [0.15, 0.2) is 0 Å². The van der Waals surface area contributed by atoms with Crippen molar-refractivity contribution in [3.63, 3.8) is 0 Å². The zero-order chi connectivity index (χ0) is 23.6. The maximum atomic E-state index is 13.0. The van der Waals surface area contributed by atoms with E-state index in [1.807, 2.05) is 13.8 Å². The van der Waals surface area contributed by atoms with E-state index in [0.29, 0.717) is 15.6 Å². The number of ether oxygens (including phenoxy) is 1. The van der Waals surface area contributed by atoms with Crippen molar-refractivity contribution in [1.29, 1.82) is 0 Å². The number of methoxy groups -OCH3 is 1. The highest BCUT2D eigenvalue weighted by atomic mass is 35.5. The topological polar surface area (TPSA) is 94.2 Å². The van der Waals surface area contributed by atoms with E-state index in [1.165, 1.54) is 12.0 Å². The van der Waals surface area contributed by atoms with Crippen LogP contribution >= 0.6 is 30.8 Å². The molecule has 1 atom stereocenters. The number of hydrogen-bond acceptors (Lipinski definition) is 6. The van der Waals surface area contributed by atoms with Crippen LogP contribution in [0.1, 0.15) is 33.3 Å². The fourth-order valence-electron chi connectivity index (χ4n) is 2.85. The van der Waals surface area contributed by atoms with E-state index in [2.05, 4.69) is 5.32 Å². The average molecular weight is 497 g/mol. The van der Waals surface area contributed by atoms with E-state index in [0.717, 1.165) is 0 Å². The van der Waals surface area contributed by atoms with Gasteiger partial charge in [-0.3, -0.25) is 4.57 Å². The third-order valence-electron chi connectivity index (χ3n) is 4.08. The van der Waals surface area contributed by atoms with Crippen molar-refractivity contribution in [2.24, 2.45) is 5.92 Å². The summed E-state index contributed by atoms with van der Waals surface area (Å²) in [5, 5.41) is 3.39. The minimum atomic E-state index is -3.52. The van der Waals surface area contributed by atoms with Crippen LogP contribution < -0.4 is 5.32 Å². The van der Waals surface area contributed by atoms with Crippen molar-refractivity contribution >= 4 is 42.8 Å². The van der Waals surface area contributed by atoms with Gasteiger partial charge in [0, 0.05) is 13.0 Å². The summed E-state index contributed by atoms with van der Waals surface area (Å²) in [5.41, 5.74) is 0.690. The Kier molecular flexibility index (Phi) is 11.9. The van der Waals surface area contributed by atoms with Crippen LogP contribution in [0.5, 0.6) is 0 Å². The summed E-state index contributed by atoms with van der Waals surface area (Å²) in [4.78, 5) is 26.7. The minimum absolute atomic E-state index is 0.0779. The highest BCUT2D eigenvalue weighted by molar-refractivity contribution is 7.53. The standard InChI is InChI=1S/C20H31Cl2N2O6P/c1-6-29-31(27,30-7-2)13-24(12-14(3)4)20(26)23-18(19(25)28-5)11-15-8-9-16(21)17(22)10-15/h8-10,14,18H,6-7,11-13H2,1-5H3,(H,23,26)/t18-/m0/s1. The lowest BCUT2D eigenvalue weighted by atomic mass is 10.1. The van der Waals surface area contributed by atoms with E-state index in [4.69, 9.17) is 37.0 Å². The molecule has 0 heterocycles. The normalized spacial score (nSPS) is 12.5. The molecule has 8 nitrogen and oxygen atoms in total. The van der Waals surface area contributed by atoms with Gasteiger partial charge in [0.2, 0.25) is 0 Å². The van der Waals surface area contributed by atoms with Crippen LogP contribution in [0.2, 0.25) is 10.0 Å². The van der Waals surface area contributed by atoms with Gasteiger partial charge in [0.1, 0.15) is 12.3 Å². The number of carbonyl (C=O) groups is 2. The monoisotopic (exact) mass is 496 g/mol. The maximum Gasteiger partial charge on any atom is 0.349 e. The molecule has 1 N–H and O–H groups in total. The summed E-state index contributed by atoms with van der Waals surface area (Å²) < 4.78 is 28.4. The first-order valence-electron chi connectivity index (χ1n) is 10.0. The van der Waals surface area contributed by atoms with Crippen molar-refractivity contribution in [3.8, 4) is 0 Å². The first-order valence-corrected chi connectivity index (χ1v) is 12.5. The molecule has 1 rings (SSSR count). The van der Waals surface area contributed by atoms with Gasteiger partial charge in [0.05, 0.1) is 30.4 Å². The number of nitrogens with zero attached hydrogens (tertiary/aromatic N) is 1. The summed E-state index contributed by atoms with van der Waals surface area (Å²) in [6.07, 6.45) is -0.0985. The van der Waals surface area contributed by atoms with Gasteiger partial charge in [-0.2, -0.15) is 0 Å². The van der Waals surface area contributed by atoms with Gasteiger partial charge >= 0.3 is 19.6 Å². The minimum Gasteiger partial charge on any atom is -0.467 e. The largest absolute Gasteiger partial charge is 0.467 e. The average Bonchev–Trinajstić information content (AvgIpc) is 2.69. The fraction of sp³-hybridized carbons (Fsp3) is 0.600. The molecule has 2 amide bonds. The molecule has 0 radical (unpaired) electrons. The lowest BCUT2D eigenvalue weighted by Gasteiger charge is -2.29. The fourth-order valence-corrected chi connectivity index (χ4v) is 4.85. The molecule has 0 spiro atoms. The molecule has 1 aromatic rings. The van der Waals surface area contributed by atoms with Crippen LogP contribution in [0.3, 0.4) is 0 Å². The molecule has 176 valence electrons. The molecule has 0 saturated heterocycles. The van der Waals surface area contributed by atoms with Gasteiger partial charge in [-0.1, -0.05) is 43.1 Å². The summed E-state index contributed by atoms with van der Waals surface area (Å²) in [6, 6.07) is 3.38. The summed E-state index contributed by atoms with van der Waals surface area (Å²) >= 11 is 12.0. The summed E-state index contributed by atoms with van der Waals surface area (Å²) in [5.74, 6) is -0.546. The van der Waals surface area contributed by atoms with Crippen molar-refractivity contribution in [3.05, 3.63) is 33.8 Å². The van der Waals surface area contributed by atoms with E-state index in [-0.39, 0.29) is 38.4 Å². The number of urea groups is 1. The second-order valence-corrected chi connectivity index (χ2v) is 10.0. The SMILES string of the molecule is CCOP(=O)(CN(CC(C)C)C(=O)N[C@@H](Cc1ccc(Cl)c(Cl)c1)C(=O)OC)OCC. The smallest absolute Gasteiger partial charge is 0.349 e. The Hall–Kier alpha value is -1.31. The molecule has 0 aliphatic rings. The van der Waals surface area contributed by atoms with Crippen molar-refractivity contribution in [2.45, 2.75) is 40.2 Å². The molecular weight excluding hydrogens is 466 g/mol. The molecule has 1 aromatic carbocycles. The van der Waals surface area contributed by atoms with Gasteiger partial charge in [-0.25, -0.2) is 9.59 Å². The highest BCUT2D eigenvalue weighted by Crippen LogP contribution is 2.48. The van der Waals surface area contributed by atoms with E-state index < -0.39 is 25.6 Å². The van der Waals surface area contributed by atoms with Crippen molar-refractivity contribution in [2.75, 3.05) is 33.2 Å². The lowest BCUT2D eigenvalue weighted by Crippen LogP contribution is -2.50. The molecule has 0 unspecified atom stereocenters. The first-order chi connectivity index (χ1) is 14.5. The Balaban J connectivity index is 3.07. The van der Waals surface area contributed by atoms with Crippen LogP contribution in [0.15, 0.2) is 18.2 Å². The van der Waals surface area contributed by atoms with Crippen LogP contribution in [0.25, 0.3) is 0 Å². The van der Waals surface area contributed by atoms with Crippen molar-refractivity contribution < 1.29 is 27.9 Å². The molecule has 0 fully saturated rings. The predicted octanol–water partition coefficient (Wildman–Crippen LogP) is 4.97. The zero-order valence-electron chi connectivity index (χ0n) is 18.5. The van der Waals surface area contributed by atoms with Crippen LogP contribution in [0.4, 0.5) is 4.79 Å². The highest BCUT2D eigenvalue weighted by Gasteiger charge is 2.32. The number of nitrogens with one attached hydrogen (secondary N) is 1. The Morgan fingerprint density at radius 1 is 1.13 bits per heavy atom. The molecule has 0 aliphatic heterocycles. The summed E-state index contributed by atoms with van der Waals surface area (Å²) in [7, 11) is -2.28. The molecule has 11 heteroatoms. The predicted molar refractivity (Wildman–Crippen MR) is 122 cm³/mol. The molecular formula is C20H31Cl2N2O6P. The van der Waals surface area contributed by atoms with Gasteiger partial charge < -0.3 is 24.0 Å². The lowest BCUT2D eigenvalue weighted by molar-refractivity contribution is -0.142. The number of carbonyl (C=O) groups excluding carboxylic acids is 2. The quantitative estimate of drug-likeness (QED) is 0.324. The number of hydrogen-bond donors (Lipinski definition) is 1. The number of amides is 2. The van der Waals surface area contributed by atoms with E-state index in [1.54, 1.807) is 32.0 Å². The number of benzene rings is 1. The zero-order valence-corrected chi connectivity index (χ0v) is 20.9. The molecule has 0 aliphatic carbocycles. The molecule has 31 heavy (non-hydrogen) atoms. The Morgan fingerprint density at radius 2 is 1.74 bits per heavy atom. The molecule has 0 saturated carbocycles. The third kappa shape index (κ3) is 9.38. The van der Waals surface area contributed by atoms with Crippen molar-refractivity contribution in [1.82, 2.24) is 10.2 Å². The molecule has 0 bridgehead atoms. The van der Waals surface area contributed by atoms with E-state index >= 15 is 0 Å². The van der Waals surface area contributed by atoms with E-state index in [9.17, 15) is 14.2 Å². The Labute approximate surface area is 194 Å². The van der Waals surface area contributed by atoms with Crippen LogP contribution in [-0.2, 0) is 29.6 Å². The Bertz CT molecular complexity index is 783. The number of esters is 1. The van der Waals surface area contributed by atoms with Gasteiger partial charge in [-0.15, -0.1) is 0 Å². The second kappa shape index (κ2) is 13.3. The molecule has 0 aromatic heterocycles. The van der Waals surface area contributed by atoms with Gasteiger partial charge in [-0.05, 0) is 37.5 Å².